The number of rotatable bonds is 7. The third-order valence-electron chi connectivity index (χ3n) is 8.72. The summed E-state index contributed by atoms with van der Waals surface area (Å²) in [6.07, 6.45) is 6.73. The molecular formula is C33H44ClN7O4. The molecule has 12 heteroatoms. The molecule has 11 nitrogen and oxygen atoms in total. The molecule has 3 aliphatic rings. The van der Waals surface area contributed by atoms with E-state index in [2.05, 4.69) is 20.0 Å². The van der Waals surface area contributed by atoms with Gasteiger partial charge in [0.15, 0.2) is 17.3 Å². The van der Waals surface area contributed by atoms with E-state index >= 15 is 0 Å². The zero-order chi connectivity index (χ0) is 32.0. The molecule has 45 heavy (non-hydrogen) atoms. The molecule has 2 saturated heterocycles. The number of hydroxylamine groups is 2. The number of hydrogen-bond donors (Lipinski definition) is 0. The van der Waals surface area contributed by atoms with Crippen LogP contribution in [0.3, 0.4) is 0 Å². The number of carbonyl (C=O) groups is 2. The minimum atomic E-state index is -0.478. The van der Waals surface area contributed by atoms with Crippen LogP contribution in [0.2, 0.25) is 5.02 Å². The summed E-state index contributed by atoms with van der Waals surface area (Å²) < 4.78 is 5.52. The highest BCUT2D eigenvalue weighted by atomic mass is 35.5. The number of halogens is 1. The molecule has 5 rings (SSSR count). The van der Waals surface area contributed by atoms with Crippen molar-refractivity contribution in [1.29, 1.82) is 5.26 Å². The van der Waals surface area contributed by atoms with Crippen LogP contribution in [0, 0.1) is 17.2 Å². The summed E-state index contributed by atoms with van der Waals surface area (Å²) in [5.74, 6) is 1.40. The first-order chi connectivity index (χ1) is 21.6. The van der Waals surface area contributed by atoms with Gasteiger partial charge in [0.05, 0.1) is 16.6 Å². The van der Waals surface area contributed by atoms with Crippen LogP contribution in [0.1, 0.15) is 81.8 Å². The van der Waals surface area contributed by atoms with Crippen molar-refractivity contribution < 1.29 is 19.2 Å². The molecule has 0 bridgehead atoms. The monoisotopic (exact) mass is 637 g/mol. The van der Waals surface area contributed by atoms with E-state index in [-0.39, 0.29) is 28.8 Å². The first-order valence-corrected chi connectivity index (χ1v) is 16.5. The quantitative estimate of drug-likeness (QED) is 0.361. The number of benzene rings is 1. The van der Waals surface area contributed by atoms with Gasteiger partial charge in [0.1, 0.15) is 11.7 Å². The maximum atomic E-state index is 13.7. The smallest absolute Gasteiger partial charge is 0.410 e. The van der Waals surface area contributed by atoms with Crippen molar-refractivity contribution in [3.8, 4) is 11.8 Å². The summed E-state index contributed by atoms with van der Waals surface area (Å²) >= 11 is 6.22. The lowest BCUT2D eigenvalue weighted by Gasteiger charge is -2.39. The molecule has 1 aromatic heterocycles. The fourth-order valence-electron chi connectivity index (χ4n) is 6.22. The average molecular weight is 638 g/mol. The number of hydrogen-bond acceptors (Lipinski definition) is 9. The lowest BCUT2D eigenvalue weighted by Crippen LogP contribution is -2.51. The van der Waals surface area contributed by atoms with E-state index in [0.29, 0.717) is 30.3 Å². The van der Waals surface area contributed by atoms with Crippen LogP contribution < -0.4 is 9.74 Å². The molecule has 0 N–H and O–H groups in total. The highest BCUT2D eigenvalue weighted by Crippen LogP contribution is 2.29. The molecule has 1 aromatic carbocycles. The van der Waals surface area contributed by atoms with E-state index in [1.807, 2.05) is 32.9 Å². The van der Waals surface area contributed by atoms with Gasteiger partial charge in [0, 0.05) is 51.9 Å². The Bertz CT molecular complexity index is 1350. The van der Waals surface area contributed by atoms with Crippen molar-refractivity contribution in [2.45, 2.75) is 77.4 Å². The zero-order valence-corrected chi connectivity index (χ0v) is 27.3. The van der Waals surface area contributed by atoms with Gasteiger partial charge in [0.2, 0.25) is 0 Å². The summed E-state index contributed by atoms with van der Waals surface area (Å²) in [5, 5.41) is 19.7. The third kappa shape index (κ3) is 8.76. The first-order valence-electron chi connectivity index (χ1n) is 16.1. The second-order valence-corrected chi connectivity index (χ2v) is 13.6. The molecule has 2 amide bonds. The summed E-state index contributed by atoms with van der Waals surface area (Å²) in [7, 11) is 0. The van der Waals surface area contributed by atoms with Crippen molar-refractivity contribution in [2.24, 2.45) is 5.92 Å². The van der Waals surface area contributed by atoms with E-state index in [1.54, 1.807) is 29.2 Å². The van der Waals surface area contributed by atoms with Gasteiger partial charge in [-0.1, -0.05) is 30.9 Å². The molecule has 2 aliphatic heterocycles. The fraction of sp³-hybridized carbons (Fsp3) is 0.606. The van der Waals surface area contributed by atoms with Gasteiger partial charge in [-0.3, -0.25) is 9.69 Å². The lowest BCUT2D eigenvalue weighted by molar-refractivity contribution is -0.0715. The number of piperidine rings is 1. The Balaban J connectivity index is 1.13. The molecule has 0 radical (unpaired) electrons. The number of nitrogens with zero attached hydrogens (tertiary/aromatic N) is 7. The van der Waals surface area contributed by atoms with Crippen LogP contribution in [0.15, 0.2) is 30.3 Å². The van der Waals surface area contributed by atoms with E-state index in [9.17, 15) is 14.9 Å². The Kier molecular flexibility index (Phi) is 10.7. The summed E-state index contributed by atoms with van der Waals surface area (Å²) in [6.45, 7) is 11.6. The summed E-state index contributed by atoms with van der Waals surface area (Å²) in [4.78, 5) is 38.6. The minimum absolute atomic E-state index is 0.0820. The maximum absolute atomic E-state index is 13.7. The van der Waals surface area contributed by atoms with Crippen LogP contribution in [0.4, 0.5) is 10.6 Å². The highest BCUT2D eigenvalue weighted by Gasteiger charge is 2.31. The topological polar surface area (TPSA) is 115 Å². The average Bonchev–Trinajstić information content (AvgIpc) is 3.04. The highest BCUT2D eigenvalue weighted by molar-refractivity contribution is 6.31. The van der Waals surface area contributed by atoms with E-state index < -0.39 is 5.60 Å². The van der Waals surface area contributed by atoms with Crippen LogP contribution in [-0.2, 0) is 4.74 Å². The van der Waals surface area contributed by atoms with Gasteiger partial charge in [-0.25, -0.2) is 4.79 Å². The van der Waals surface area contributed by atoms with Gasteiger partial charge in [-0.05, 0) is 76.6 Å². The Morgan fingerprint density at radius 2 is 1.69 bits per heavy atom. The van der Waals surface area contributed by atoms with Crippen LogP contribution in [-0.4, -0.2) is 94.5 Å². The number of piperazine rings is 1. The Hall–Kier alpha value is -3.62. The van der Waals surface area contributed by atoms with Crippen molar-refractivity contribution in [2.75, 3.05) is 50.7 Å². The molecule has 1 aliphatic carbocycles. The van der Waals surface area contributed by atoms with Gasteiger partial charge in [0.25, 0.3) is 0 Å². The van der Waals surface area contributed by atoms with Crippen LogP contribution in [0.25, 0.3) is 0 Å². The third-order valence-corrected chi connectivity index (χ3v) is 9.03. The van der Waals surface area contributed by atoms with Crippen molar-refractivity contribution in [3.63, 3.8) is 0 Å². The van der Waals surface area contributed by atoms with Gasteiger partial charge in [-0.15, -0.1) is 10.2 Å². The van der Waals surface area contributed by atoms with E-state index in [4.69, 9.17) is 21.2 Å². The zero-order valence-electron chi connectivity index (χ0n) is 26.6. The standard InChI is InChI=1S/C33H44ClN7O4/c1-33(2,3)44-32(43)40-19-17-38(18-20-40)23-24-13-15-39(16-14-24)30-12-11-29(36-37-30)31(42)41(26-7-5-4-6-8-26)45-27-10-9-25(22-35)28(34)21-27/h9-12,21,24,26H,4-8,13-20,23H2,1-3H3. The Labute approximate surface area is 271 Å². The minimum Gasteiger partial charge on any atom is -0.444 e. The molecule has 0 spiro atoms. The van der Waals surface area contributed by atoms with E-state index in [0.717, 1.165) is 83.5 Å². The number of carbonyl (C=O) groups excluding carboxylic acids is 2. The number of anilines is 1. The molecule has 1 saturated carbocycles. The van der Waals surface area contributed by atoms with Crippen molar-refractivity contribution in [1.82, 2.24) is 25.1 Å². The molecule has 3 heterocycles. The van der Waals surface area contributed by atoms with Gasteiger partial charge < -0.3 is 19.4 Å². The number of aromatic nitrogens is 2. The van der Waals surface area contributed by atoms with Crippen molar-refractivity contribution >= 4 is 29.4 Å². The fourth-order valence-corrected chi connectivity index (χ4v) is 6.44. The van der Waals surface area contributed by atoms with Crippen LogP contribution >= 0.6 is 11.6 Å². The summed E-state index contributed by atoms with van der Waals surface area (Å²) in [6, 6.07) is 10.4. The second kappa shape index (κ2) is 14.6. The molecule has 0 unspecified atom stereocenters. The number of ether oxygens (including phenoxy) is 1. The number of nitriles is 1. The molecule has 2 aromatic rings. The number of amides is 2. The molecule has 0 atom stereocenters. The second-order valence-electron chi connectivity index (χ2n) is 13.2. The predicted molar refractivity (Wildman–Crippen MR) is 171 cm³/mol. The Morgan fingerprint density at radius 3 is 2.29 bits per heavy atom. The van der Waals surface area contributed by atoms with Crippen LogP contribution in [0.5, 0.6) is 5.75 Å². The Morgan fingerprint density at radius 1 is 0.978 bits per heavy atom. The van der Waals surface area contributed by atoms with Gasteiger partial charge >= 0.3 is 12.0 Å². The maximum Gasteiger partial charge on any atom is 0.410 e. The van der Waals surface area contributed by atoms with Crippen molar-refractivity contribution in [3.05, 3.63) is 46.6 Å². The summed E-state index contributed by atoms with van der Waals surface area (Å²) in [5.41, 5.74) is 0.0989. The first kappa shape index (κ1) is 32.8. The normalized spacial score (nSPS) is 18.7. The van der Waals surface area contributed by atoms with Gasteiger partial charge in [-0.2, -0.15) is 10.3 Å². The molecular weight excluding hydrogens is 594 g/mol. The predicted octanol–water partition coefficient (Wildman–Crippen LogP) is 5.54. The van der Waals surface area contributed by atoms with E-state index in [1.165, 1.54) is 5.06 Å². The molecule has 242 valence electrons. The largest absolute Gasteiger partial charge is 0.444 e. The molecule has 3 fully saturated rings. The SMILES string of the molecule is CC(C)(C)OC(=O)N1CCN(CC2CCN(c3ccc(C(=O)N(Oc4ccc(C#N)c(Cl)c4)C4CCCCC4)nn3)CC2)CC1. The lowest BCUT2D eigenvalue weighted by atomic mass is 9.95.